The molecule has 1 aromatic heterocycles. The molecule has 0 saturated carbocycles. The van der Waals surface area contributed by atoms with Gasteiger partial charge in [0.2, 0.25) is 0 Å². The molecule has 0 spiro atoms. The van der Waals surface area contributed by atoms with Crippen LogP contribution < -0.4 is 9.64 Å². The molecule has 1 N–H and O–H groups in total. The maximum absolute atomic E-state index is 13.5. The van der Waals surface area contributed by atoms with Gasteiger partial charge >= 0.3 is 5.91 Å². The summed E-state index contributed by atoms with van der Waals surface area (Å²) in [5, 5.41) is 12.3. The van der Waals surface area contributed by atoms with Gasteiger partial charge < -0.3 is 9.84 Å². The van der Waals surface area contributed by atoms with Crippen LogP contribution in [-0.4, -0.2) is 27.9 Å². The molecule has 0 bridgehead atoms. The maximum atomic E-state index is 13.5. The van der Waals surface area contributed by atoms with E-state index in [2.05, 4.69) is 0 Å². The van der Waals surface area contributed by atoms with Gasteiger partial charge in [-0.15, -0.1) is 0 Å². The number of ketones is 1. The highest BCUT2D eigenvalue weighted by atomic mass is 35.5. The van der Waals surface area contributed by atoms with E-state index in [0.29, 0.717) is 27.7 Å². The van der Waals surface area contributed by atoms with Crippen molar-refractivity contribution in [2.75, 3.05) is 4.90 Å². The molecule has 6 rings (SSSR count). The number of hydrogen-bond acceptors (Lipinski definition) is 6. The predicted octanol–water partition coefficient (Wildman–Crippen LogP) is 6.52. The van der Waals surface area contributed by atoms with Crippen molar-refractivity contribution >= 4 is 55.7 Å². The lowest BCUT2D eigenvalue weighted by atomic mass is 9.94. The zero-order valence-electron chi connectivity index (χ0n) is 20.4. The predicted molar refractivity (Wildman–Crippen MR) is 146 cm³/mol. The van der Waals surface area contributed by atoms with E-state index in [9.17, 15) is 14.7 Å². The van der Waals surface area contributed by atoms with E-state index in [-0.39, 0.29) is 17.4 Å². The number of aliphatic hydroxyl groups excluding tert-OH is 1. The Hall–Kier alpha value is -3.68. The van der Waals surface area contributed by atoms with Crippen LogP contribution in [0.3, 0.4) is 0 Å². The monoisotopic (exact) mass is 530 g/mol. The Labute approximate surface area is 222 Å². The summed E-state index contributed by atoms with van der Waals surface area (Å²) < 4.78 is 6.71. The minimum absolute atomic E-state index is 0.00587. The zero-order chi connectivity index (χ0) is 26.0. The molecular weight excluding hydrogens is 508 g/mol. The minimum atomic E-state index is -0.885. The van der Waals surface area contributed by atoms with Crippen molar-refractivity contribution in [3.63, 3.8) is 0 Å². The van der Waals surface area contributed by atoms with Gasteiger partial charge in [-0.1, -0.05) is 41.1 Å². The van der Waals surface area contributed by atoms with Crippen LogP contribution in [0.2, 0.25) is 5.02 Å². The highest BCUT2D eigenvalue weighted by molar-refractivity contribution is 7.22. The standard InChI is InChI=1S/C29H23ClN2O4S/c1-14-9-15(2)24-22(10-14)37-29(31-24)32-25(17-5-4-6-20(30)13-17)23(27(34)28(32)35)26(33)18-7-8-21-19(12-18)11-16(3)36-21/h4-10,12-13,16,25,33H,11H2,1-3H3. The number of carbonyl (C=O) groups excluding carboxylic acids is 2. The van der Waals surface area contributed by atoms with Gasteiger partial charge in [-0.3, -0.25) is 14.5 Å². The van der Waals surface area contributed by atoms with Gasteiger partial charge in [-0.2, -0.15) is 0 Å². The molecular formula is C29H23ClN2O4S. The summed E-state index contributed by atoms with van der Waals surface area (Å²) in [6.45, 7) is 5.96. The summed E-state index contributed by atoms with van der Waals surface area (Å²) in [4.78, 5) is 33.2. The van der Waals surface area contributed by atoms with Crippen molar-refractivity contribution < 1.29 is 19.4 Å². The second-order valence-electron chi connectivity index (χ2n) is 9.60. The number of amides is 1. The summed E-state index contributed by atoms with van der Waals surface area (Å²) in [7, 11) is 0. The Morgan fingerprint density at radius 2 is 1.95 bits per heavy atom. The molecule has 186 valence electrons. The van der Waals surface area contributed by atoms with E-state index < -0.39 is 17.7 Å². The largest absolute Gasteiger partial charge is 0.507 e. The third-order valence-electron chi connectivity index (χ3n) is 6.80. The average molecular weight is 531 g/mol. The van der Waals surface area contributed by atoms with Crippen molar-refractivity contribution in [3.8, 4) is 5.75 Å². The van der Waals surface area contributed by atoms with Crippen molar-refractivity contribution in [1.29, 1.82) is 0 Å². The number of aromatic nitrogens is 1. The Morgan fingerprint density at radius 1 is 1.14 bits per heavy atom. The SMILES string of the molecule is Cc1cc(C)c2nc(N3C(=O)C(=O)C(=C(O)c4ccc5c(c4)CC(C)O5)C3c3cccc(Cl)c3)sc2c1. The molecule has 0 radical (unpaired) electrons. The normalized spacial score (nSPS) is 20.5. The first-order valence-electron chi connectivity index (χ1n) is 12.0. The van der Waals surface area contributed by atoms with E-state index in [1.807, 2.05) is 39.0 Å². The number of aliphatic hydroxyl groups is 1. The van der Waals surface area contributed by atoms with Gasteiger partial charge in [0.15, 0.2) is 5.13 Å². The summed E-state index contributed by atoms with van der Waals surface area (Å²) in [5.41, 5.74) is 4.88. The summed E-state index contributed by atoms with van der Waals surface area (Å²) in [6, 6.07) is 15.5. The van der Waals surface area contributed by atoms with Gasteiger partial charge in [0.1, 0.15) is 17.6 Å². The molecule has 3 heterocycles. The van der Waals surface area contributed by atoms with E-state index >= 15 is 0 Å². The molecule has 1 amide bonds. The number of anilines is 1. The smallest absolute Gasteiger partial charge is 0.301 e. The molecule has 1 fully saturated rings. The number of ether oxygens (including phenoxy) is 1. The van der Waals surface area contributed by atoms with Gasteiger partial charge in [0, 0.05) is 17.0 Å². The van der Waals surface area contributed by atoms with Crippen LogP contribution in [0.4, 0.5) is 5.13 Å². The Kier molecular flexibility index (Phi) is 5.58. The number of thiazole rings is 1. The second kappa shape index (κ2) is 8.71. The molecule has 2 unspecified atom stereocenters. The van der Waals surface area contributed by atoms with E-state index in [4.69, 9.17) is 21.3 Å². The number of Topliss-reactive ketones (excluding diaryl/α,β-unsaturated/α-hetero) is 1. The molecule has 4 aromatic rings. The van der Waals surface area contributed by atoms with Crippen LogP contribution >= 0.6 is 22.9 Å². The number of fused-ring (bicyclic) bond motifs is 2. The molecule has 8 heteroatoms. The number of halogens is 1. The maximum Gasteiger partial charge on any atom is 0.301 e. The molecule has 1 saturated heterocycles. The molecule has 0 aliphatic carbocycles. The molecule has 6 nitrogen and oxygen atoms in total. The third kappa shape index (κ3) is 3.90. The van der Waals surface area contributed by atoms with Gasteiger partial charge in [-0.25, -0.2) is 4.98 Å². The zero-order valence-corrected chi connectivity index (χ0v) is 22.0. The topological polar surface area (TPSA) is 79.7 Å². The fourth-order valence-corrected chi connectivity index (χ4v) is 6.58. The summed E-state index contributed by atoms with van der Waals surface area (Å²) >= 11 is 7.67. The molecule has 37 heavy (non-hydrogen) atoms. The quantitative estimate of drug-likeness (QED) is 0.185. The number of benzene rings is 3. The third-order valence-corrected chi connectivity index (χ3v) is 8.04. The number of aryl methyl sites for hydroxylation is 2. The Balaban J connectivity index is 1.55. The summed E-state index contributed by atoms with van der Waals surface area (Å²) in [6.07, 6.45) is 0.739. The van der Waals surface area contributed by atoms with Crippen molar-refractivity contribution in [2.24, 2.45) is 0 Å². The molecule has 3 aromatic carbocycles. The van der Waals surface area contributed by atoms with E-state index in [1.165, 1.54) is 16.2 Å². The minimum Gasteiger partial charge on any atom is -0.507 e. The lowest BCUT2D eigenvalue weighted by molar-refractivity contribution is -0.132. The van der Waals surface area contributed by atoms with Crippen LogP contribution in [0, 0.1) is 13.8 Å². The second-order valence-corrected chi connectivity index (χ2v) is 11.0. The van der Waals surface area contributed by atoms with Crippen LogP contribution in [0.1, 0.15) is 40.8 Å². The first-order valence-corrected chi connectivity index (χ1v) is 13.1. The van der Waals surface area contributed by atoms with Gasteiger partial charge in [-0.05, 0) is 79.4 Å². The van der Waals surface area contributed by atoms with E-state index in [0.717, 1.165) is 32.7 Å². The lowest BCUT2D eigenvalue weighted by Gasteiger charge is -2.23. The van der Waals surface area contributed by atoms with Gasteiger partial charge in [0.25, 0.3) is 5.78 Å². The first kappa shape index (κ1) is 23.7. The van der Waals surface area contributed by atoms with Crippen LogP contribution in [0.5, 0.6) is 5.75 Å². The number of rotatable bonds is 3. The fraction of sp³-hybridized carbons (Fsp3) is 0.207. The van der Waals surface area contributed by atoms with Crippen molar-refractivity contribution in [2.45, 2.75) is 39.3 Å². The highest BCUT2D eigenvalue weighted by Gasteiger charge is 2.48. The van der Waals surface area contributed by atoms with E-state index in [1.54, 1.807) is 36.4 Å². The lowest BCUT2D eigenvalue weighted by Crippen LogP contribution is -2.29. The summed E-state index contributed by atoms with van der Waals surface area (Å²) in [5.74, 6) is -0.977. The Bertz CT molecular complexity index is 1660. The van der Waals surface area contributed by atoms with Crippen LogP contribution in [0.25, 0.3) is 16.0 Å². The average Bonchev–Trinajstić information content (AvgIpc) is 3.51. The first-order chi connectivity index (χ1) is 17.7. The Morgan fingerprint density at radius 3 is 2.73 bits per heavy atom. The number of carbonyl (C=O) groups is 2. The molecule has 2 aliphatic rings. The van der Waals surface area contributed by atoms with Crippen LogP contribution in [-0.2, 0) is 16.0 Å². The number of hydrogen-bond donors (Lipinski definition) is 1. The molecule has 2 atom stereocenters. The van der Waals surface area contributed by atoms with Gasteiger partial charge in [0.05, 0.1) is 21.8 Å². The number of nitrogens with zero attached hydrogens (tertiary/aromatic N) is 2. The highest BCUT2D eigenvalue weighted by Crippen LogP contribution is 2.45. The fourth-order valence-electron chi connectivity index (χ4n) is 5.21. The molecule has 2 aliphatic heterocycles. The van der Waals surface area contributed by atoms with Crippen molar-refractivity contribution in [1.82, 2.24) is 4.98 Å². The van der Waals surface area contributed by atoms with Crippen molar-refractivity contribution in [3.05, 3.63) is 93.0 Å². The van der Waals surface area contributed by atoms with Crippen LogP contribution in [0.15, 0.2) is 60.2 Å².